The fourth-order valence-corrected chi connectivity index (χ4v) is 7.88. The van der Waals surface area contributed by atoms with Crippen molar-refractivity contribution in [3.8, 4) is 45.3 Å². The number of aromatic nitrogens is 3. The first-order valence-corrected chi connectivity index (χ1v) is 16.6. The van der Waals surface area contributed by atoms with Gasteiger partial charge in [-0.05, 0) is 70.2 Å². The molecule has 7 aromatic rings. The smallest absolute Gasteiger partial charge is 0.164 e. The summed E-state index contributed by atoms with van der Waals surface area (Å²) in [5.74, 6) is 2.03. The summed E-state index contributed by atoms with van der Waals surface area (Å²) in [6, 6.07) is 41.1. The topological polar surface area (TPSA) is 38.7 Å². The molecule has 220 valence electrons. The van der Waals surface area contributed by atoms with Crippen LogP contribution in [-0.4, -0.2) is 15.0 Å². The van der Waals surface area contributed by atoms with Gasteiger partial charge in [0.25, 0.3) is 0 Å². The van der Waals surface area contributed by atoms with Crippen molar-refractivity contribution in [1.29, 1.82) is 0 Å². The summed E-state index contributed by atoms with van der Waals surface area (Å²) in [5.41, 5.74) is 8.74. The molecule has 0 atom stereocenters. The van der Waals surface area contributed by atoms with Gasteiger partial charge in [0.05, 0.1) is 0 Å². The molecule has 5 aromatic carbocycles. The zero-order valence-electron chi connectivity index (χ0n) is 26.1. The van der Waals surface area contributed by atoms with Crippen molar-refractivity contribution in [3.63, 3.8) is 0 Å². The van der Waals surface area contributed by atoms with Gasteiger partial charge >= 0.3 is 0 Å². The average Bonchev–Trinajstić information content (AvgIpc) is 3.45. The molecule has 0 aliphatic heterocycles. The second kappa shape index (κ2) is 10.5. The van der Waals surface area contributed by atoms with E-state index in [0.29, 0.717) is 17.5 Å². The maximum Gasteiger partial charge on any atom is 0.164 e. The van der Waals surface area contributed by atoms with Crippen LogP contribution in [0, 0.1) is 0 Å². The summed E-state index contributed by atoms with van der Waals surface area (Å²) in [5, 5.41) is 2.50. The number of thiophene rings is 1. The lowest BCUT2D eigenvalue weighted by atomic mass is 9.63. The molecule has 1 aliphatic rings. The van der Waals surface area contributed by atoms with Crippen LogP contribution in [0.3, 0.4) is 0 Å². The van der Waals surface area contributed by atoms with Gasteiger partial charge in [-0.15, -0.1) is 11.3 Å². The van der Waals surface area contributed by atoms with E-state index in [1.54, 1.807) is 0 Å². The molecule has 1 aliphatic carbocycles. The predicted molar refractivity (Wildman–Crippen MR) is 190 cm³/mol. The summed E-state index contributed by atoms with van der Waals surface area (Å²) in [6.45, 7) is 9.52. The highest BCUT2D eigenvalue weighted by molar-refractivity contribution is 7.25. The number of fused-ring (bicyclic) bond motifs is 4. The second-order valence-electron chi connectivity index (χ2n) is 13.6. The Labute approximate surface area is 268 Å². The Balaban J connectivity index is 1.21. The molecule has 0 radical (unpaired) electrons. The van der Waals surface area contributed by atoms with Crippen LogP contribution in [0.4, 0.5) is 0 Å². The highest BCUT2D eigenvalue weighted by Crippen LogP contribution is 2.47. The lowest BCUT2D eigenvalue weighted by Crippen LogP contribution is -2.33. The van der Waals surface area contributed by atoms with Crippen LogP contribution in [0.15, 0.2) is 115 Å². The van der Waals surface area contributed by atoms with E-state index in [-0.39, 0.29) is 10.8 Å². The molecule has 0 spiro atoms. The molecule has 0 unspecified atom stereocenters. The molecule has 2 aromatic heterocycles. The number of hydrogen-bond acceptors (Lipinski definition) is 4. The Morgan fingerprint density at radius 1 is 0.444 bits per heavy atom. The van der Waals surface area contributed by atoms with Gasteiger partial charge in [-0.3, -0.25) is 0 Å². The maximum absolute atomic E-state index is 5.05. The zero-order valence-corrected chi connectivity index (χ0v) is 27.0. The molecule has 0 N–H and O–H groups in total. The van der Waals surface area contributed by atoms with Gasteiger partial charge in [0.15, 0.2) is 17.5 Å². The molecule has 0 bridgehead atoms. The van der Waals surface area contributed by atoms with Crippen molar-refractivity contribution >= 4 is 31.5 Å². The van der Waals surface area contributed by atoms with Gasteiger partial charge in [-0.1, -0.05) is 119 Å². The monoisotopic (exact) mass is 601 g/mol. The van der Waals surface area contributed by atoms with Gasteiger partial charge in [0.2, 0.25) is 0 Å². The highest BCUT2D eigenvalue weighted by Gasteiger charge is 2.37. The van der Waals surface area contributed by atoms with Crippen LogP contribution >= 0.6 is 11.3 Å². The van der Waals surface area contributed by atoms with Gasteiger partial charge in [0, 0.05) is 36.9 Å². The standard InChI is InChI=1S/C41H35N3S/c1-40(2)22-23-41(3,4)34-25-29(18-20-33(34)40)26-14-16-28(17-15-26)38-42-37(27-10-6-5-7-11-27)43-39(44-38)30-19-21-36-32(24-30)31-12-8-9-13-35(31)45-36/h5-21,24-25H,22-23H2,1-4H3. The Kier molecular flexibility index (Phi) is 6.47. The zero-order chi connectivity index (χ0) is 30.8. The predicted octanol–water partition coefficient (Wildman–Crippen LogP) is 11.3. The maximum atomic E-state index is 5.05. The van der Waals surface area contributed by atoms with Gasteiger partial charge in [-0.25, -0.2) is 15.0 Å². The van der Waals surface area contributed by atoms with E-state index < -0.39 is 0 Å². The summed E-state index contributed by atoms with van der Waals surface area (Å²) in [4.78, 5) is 15.0. The van der Waals surface area contributed by atoms with Crippen LogP contribution in [0.2, 0.25) is 0 Å². The van der Waals surface area contributed by atoms with E-state index in [9.17, 15) is 0 Å². The third-order valence-electron chi connectivity index (χ3n) is 9.63. The molecular weight excluding hydrogens is 567 g/mol. The van der Waals surface area contributed by atoms with E-state index in [0.717, 1.165) is 16.7 Å². The average molecular weight is 602 g/mol. The van der Waals surface area contributed by atoms with Crippen LogP contribution in [-0.2, 0) is 10.8 Å². The van der Waals surface area contributed by atoms with E-state index in [4.69, 9.17) is 15.0 Å². The SMILES string of the molecule is CC1(C)CCC(C)(C)c2cc(-c3ccc(-c4nc(-c5ccccc5)nc(-c5ccc6sc7ccccc7c6c5)n4)cc3)ccc21. The Hall–Kier alpha value is -4.67. The molecule has 45 heavy (non-hydrogen) atoms. The molecule has 0 saturated carbocycles. The summed E-state index contributed by atoms with van der Waals surface area (Å²) in [6.07, 6.45) is 2.42. The van der Waals surface area contributed by atoms with Crippen molar-refractivity contribution in [2.75, 3.05) is 0 Å². The fraction of sp³-hybridized carbons (Fsp3) is 0.195. The van der Waals surface area contributed by atoms with E-state index in [1.807, 2.05) is 29.5 Å². The first-order chi connectivity index (χ1) is 21.7. The molecule has 2 heterocycles. The molecule has 0 amide bonds. The molecular formula is C41H35N3S. The van der Waals surface area contributed by atoms with Crippen LogP contribution < -0.4 is 0 Å². The van der Waals surface area contributed by atoms with Crippen LogP contribution in [0.1, 0.15) is 51.7 Å². The summed E-state index contributed by atoms with van der Waals surface area (Å²) >= 11 is 1.82. The minimum absolute atomic E-state index is 0.175. The quantitative estimate of drug-likeness (QED) is 0.201. The highest BCUT2D eigenvalue weighted by atomic mass is 32.1. The number of hydrogen-bond donors (Lipinski definition) is 0. The van der Waals surface area contributed by atoms with Crippen molar-refractivity contribution in [2.24, 2.45) is 0 Å². The Morgan fingerprint density at radius 2 is 0.978 bits per heavy atom. The Bertz CT molecular complexity index is 2210. The molecule has 3 nitrogen and oxygen atoms in total. The lowest BCUT2D eigenvalue weighted by Gasteiger charge is -2.42. The largest absolute Gasteiger partial charge is 0.208 e. The van der Waals surface area contributed by atoms with Gasteiger partial charge in [0.1, 0.15) is 0 Å². The van der Waals surface area contributed by atoms with Crippen molar-refractivity contribution < 1.29 is 0 Å². The van der Waals surface area contributed by atoms with Crippen LogP contribution in [0.5, 0.6) is 0 Å². The van der Waals surface area contributed by atoms with Crippen molar-refractivity contribution in [2.45, 2.75) is 51.4 Å². The van der Waals surface area contributed by atoms with Gasteiger partial charge < -0.3 is 0 Å². The van der Waals surface area contributed by atoms with Crippen molar-refractivity contribution in [3.05, 3.63) is 126 Å². The molecule has 8 rings (SSSR count). The minimum atomic E-state index is 0.175. The Morgan fingerprint density at radius 3 is 1.71 bits per heavy atom. The second-order valence-corrected chi connectivity index (χ2v) is 14.7. The number of nitrogens with zero attached hydrogens (tertiary/aromatic N) is 3. The summed E-state index contributed by atoms with van der Waals surface area (Å²) in [7, 11) is 0. The number of rotatable bonds is 4. The first kappa shape index (κ1) is 27.8. The van der Waals surface area contributed by atoms with E-state index >= 15 is 0 Å². The van der Waals surface area contributed by atoms with Crippen LogP contribution in [0.25, 0.3) is 65.5 Å². The fourth-order valence-electron chi connectivity index (χ4n) is 6.80. The molecule has 0 fully saturated rings. The van der Waals surface area contributed by atoms with E-state index in [2.05, 4.69) is 125 Å². The van der Waals surface area contributed by atoms with Crippen molar-refractivity contribution in [1.82, 2.24) is 15.0 Å². The minimum Gasteiger partial charge on any atom is -0.208 e. The number of benzene rings is 5. The third kappa shape index (κ3) is 4.94. The first-order valence-electron chi connectivity index (χ1n) is 15.7. The lowest BCUT2D eigenvalue weighted by molar-refractivity contribution is 0.332. The normalized spacial score (nSPS) is 15.3. The summed E-state index contributed by atoms with van der Waals surface area (Å²) < 4.78 is 2.56. The third-order valence-corrected chi connectivity index (χ3v) is 10.8. The van der Waals surface area contributed by atoms with Gasteiger partial charge in [-0.2, -0.15) is 0 Å². The van der Waals surface area contributed by atoms with E-state index in [1.165, 1.54) is 55.3 Å². The molecule has 0 saturated heterocycles. The molecule has 4 heteroatoms.